The largest absolute Gasteiger partial charge is 0.487 e. The van der Waals surface area contributed by atoms with Crippen molar-refractivity contribution in [3.8, 4) is 17.8 Å². The van der Waals surface area contributed by atoms with E-state index in [0.29, 0.717) is 62.4 Å². The maximum absolute atomic E-state index is 15.4. The molecule has 0 aliphatic carbocycles. The van der Waals surface area contributed by atoms with E-state index in [4.69, 9.17) is 19.4 Å². The van der Waals surface area contributed by atoms with E-state index in [1.54, 1.807) is 4.90 Å². The van der Waals surface area contributed by atoms with Gasteiger partial charge >= 0.3 is 6.01 Å². The Hall–Kier alpha value is -3.71. The van der Waals surface area contributed by atoms with Crippen LogP contribution in [-0.2, 0) is 24.1 Å². The van der Waals surface area contributed by atoms with Crippen molar-refractivity contribution in [3.05, 3.63) is 53.7 Å². The number of aromatic nitrogens is 2. The summed E-state index contributed by atoms with van der Waals surface area (Å²) in [7, 11) is 2.10. The number of hydrogen-bond acceptors (Lipinski definition) is 8. The van der Waals surface area contributed by atoms with Gasteiger partial charge in [0.15, 0.2) is 0 Å². The third-order valence-electron chi connectivity index (χ3n) is 8.51. The first-order valence-electron chi connectivity index (χ1n) is 14.6. The summed E-state index contributed by atoms with van der Waals surface area (Å²) in [6, 6.07) is 10.1. The number of hydrogen-bond donors (Lipinski definition) is 0. The molecule has 3 unspecified atom stereocenters. The van der Waals surface area contributed by atoms with Crippen molar-refractivity contribution < 1.29 is 18.7 Å². The molecule has 3 aliphatic heterocycles. The lowest BCUT2D eigenvalue weighted by molar-refractivity contribution is -0.128. The van der Waals surface area contributed by atoms with Crippen molar-refractivity contribution in [2.75, 3.05) is 44.7 Å². The van der Waals surface area contributed by atoms with Crippen LogP contribution in [0.4, 0.5) is 10.2 Å². The Labute approximate surface area is 241 Å². The number of nitriles is 1. The smallest absolute Gasteiger partial charge is 0.318 e. The lowest BCUT2D eigenvalue weighted by Crippen LogP contribution is -2.55. The van der Waals surface area contributed by atoms with E-state index in [-0.39, 0.29) is 30.8 Å². The summed E-state index contributed by atoms with van der Waals surface area (Å²) in [4.78, 5) is 28.3. The third kappa shape index (κ3) is 6.30. The number of alkyl halides is 1. The van der Waals surface area contributed by atoms with Gasteiger partial charge in [0.25, 0.3) is 0 Å². The molecule has 218 valence electrons. The first-order valence-corrected chi connectivity index (χ1v) is 14.6. The second kappa shape index (κ2) is 12.9. The number of rotatable bonds is 9. The zero-order valence-corrected chi connectivity index (χ0v) is 24.0. The fourth-order valence-corrected chi connectivity index (χ4v) is 6.17. The quantitative estimate of drug-likeness (QED) is 0.429. The molecule has 2 fully saturated rings. The predicted octanol–water partition coefficient (Wildman–Crippen LogP) is 3.51. The number of likely N-dealkylation sites (N-methyl/N-ethyl adjacent to an activating group) is 1. The Morgan fingerprint density at radius 2 is 2.10 bits per heavy atom. The van der Waals surface area contributed by atoms with E-state index in [0.717, 1.165) is 30.5 Å². The topological polar surface area (TPSA) is 94.8 Å². The van der Waals surface area contributed by atoms with Gasteiger partial charge in [-0.25, -0.2) is 4.39 Å². The molecular weight excluding hydrogens is 523 g/mol. The van der Waals surface area contributed by atoms with Gasteiger partial charge in [0.05, 0.1) is 24.2 Å². The van der Waals surface area contributed by atoms with Gasteiger partial charge in [0.2, 0.25) is 5.91 Å². The summed E-state index contributed by atoms with van der Waals surface area (Å²) in [6.45, 7) is 8.59. The Morgan fingerprint density at radius 3 is 2.83 bits per heavy atom. The molecule has 9 nitrogen and oxygen atoms in total. The van der Waals surface area contributed by atoms with Crippen LogP contribution in [0.25, 0.3) is 0 Å². The molecule has 3 aliphatic rings. The number of carbonyl (C=O) groups excluding carboxylic acids is 1. The minimum absolute atomic E-state index is 0.183. The molecule has 41 heavy (non-hydrogen) atoms. The molecule has 4 atom stereocenters. The SMILES string of the molecule is C=CC(=O)N1CCN(c2nc(OCC3CCCN3C)nc(C[C@H]3Oc4ccccc4CC3F)c2CC)CC1CC#N. The van der Waals surface area contributed by atoms with Crippen LogP contribution in [-0.4, -0.2) is 89.9 Å². The maximum Gasteiger partial charge on any atom is 0.318 e. The monoisotopic (exact) mass is 562 g/mol. The van der Waals surface area contributed by atoms with Gasteiger partial charge in [0, 0.05) is 44.1 Å². The molecule has 2 saturated heterocycles. The first kappa shape index (κ1) is 28.8. The van der Waals surface area contributed by atoms with Crippen LogP contribution in [0, 0.1) is 11.3 Å². The molecule has 2 aromatic rings. The van der Waals surface area contributed by atoms with E-state index in [9.17, 15) is 10.1 Å². The zero-order chi connectivity index (χ0) is 28.9. The number of anilines is 1. The highest BCUT2D eigenvalue weighted by atomic mass is 19.1. The van der Waals surface area contributed by atoms with Crippen molar-refractivity contribution in [3.63, 3.8) is 0 Å². The summed E-state index contributed by atoms with van der Waals surface area (Å²) in [5.41, 5.74) is 2.49. The molecule has 0 saturated carbocycles. The van der Waals surface area contributed by atoms with Crippen LogP contribution in [0.2, 0.25) is 0 Å². The molecule has 4 heterocycles. The molecule has 5 rings (SSSR count). The van der Waals surface area contributed by atoms with Gasteiger partial charge in [-0.05, 0) is 50.6 Å². The number of amides is 1. The van der Waals surface area contributed by atoms with Crippen LogP contribution in [0.15, 0.2) is 36.9 Å². The lowest BCUT2D eigenvalue weighted by Gasteiger charge is -2.41. The molecule has 0 spiro atoms. The number of para-hydroxylation sites is 1. The van der Waals surface area contributed by atoms with Gasteiger partial charge < -0.3 is 24.2 Å². The Morgan fingerprint density at radius 1 is 1.27 bits per heavy atom. The lowest BCUT2D eigenvalue weighted by atomic mass is 9.95. The van der Waals surface area contributed by atoms with Crippen LogP contribution in [0.3, 0.4) is 0 Å². The van der Waals surface area contributed by atoms with Crippen molar-refractivity contribution in [1.29, 1.82) is 5.26 Å². The minimum atomic E-state index is -1.17. The zero-order valence-electron chi connectivity index (χ0n) is 24.0. The standard InChI is InChI=1S/C31H39FN6O3/c1-4-24-26(18-28-25(32)17-21-9-6-7-11-27(21)41-28)34-31(40-20-23-10-8-14-36(23)3)35-30(24)37-15-16-38(29(39)5-2)22(19-37)12-13-33/h5-7,9,11,22-23,25,28H,2,4,8,10,12,14-20H2,1,3H3/t22?,23?,25?,28-/m1/s1. The summed E-state index contributed by atoms with van der Waals surface area (Å²) in [6.07, 6.45) is 3.04. The second-order valence-corrected chi connectivity index (χ2v) is 11.1. The average Bonchev–Trinajstić information content (AvgIpc) is 3.40. The number of halogens is 1. The summed E-state index contributed by atoms with van der Waals surface area (Å²) >= 11 is 0. The molecular formula is C31H39FN6O3. The average molecular weight is 563 g/mol. The van der Waals surface area contributed by atoms with Crippen molar-refractivity contribution >= 4 is 11.7 Å². The highest BCUT2D eigenvalue weighted by molar-refractivity contribution is 5.87. The molecule has 1 aromatic carbocycles. The van der Waals surface area contributed by atoms with Crippen LogP contribution in [0.5, 0.6) is 11.8 Å². The fraction of sp³-hybridized carbons (Fsp3) is 0.548. The van der Waals surface area contributed by atoms with Crippen molar-refractivity contribution in [2.24, 2.45) is 0 Å². The molecule has 0 radical (unpaired) electrons. The van der Waals surface area contributed by atoms with Crippen LogP contribution < -0.4 is 14.4 Å². The van der Waals surface area contributed by atoms with Crippen molar-refractivity contribution in [2.45, 2.75) is 69.8 Å². The van der Waals surface area contributed by atoms with Gasteiger partial charge in [-0.3, -0.25) is 4.79 Å². The number of nitrogens with zero attached hydrogens (tertiary/aromatic N) is 6. The molecule has 1 amide bonds. The summed E-state index contributed by atoms with van der Waals surface area (Å²) in [5, 5.41) is 9.48. The highest BCUT2D eigenvalue weighted by Gasteiger charge is 2.35. The van der Waals surface area contributed by atoms with Crippen LogP contribution in [0.1, 0.15) is 43.0 Å². The minimum Gasteiger partial charge on any atom is -0.487 e. The fourth-order valence-electron chi connectivity index (χ4n) is 6.17. The molecule has 10 heteroatoms. The van der Waals surface area contributed by atoms with Gasteiger partial charge in [0.1, 0.15) is 30.4 Å². The van der Waals surface area contributed by atoms with E-state index >= 15 is 4.39 Å². The van der Waals surface area contributed by atoms with Crippen molar-refractivity contribution in [1.82, 2.24) is 19.8 Å². The number of ether oxygens (including phenoxy) is 2. The van der Waals surface area contributed by atoms with E-state index in [1.165, 1.54) is 6.08 Å². The van der Waals surface area contributed by atoms with Gasteiger partial charge in [-0.1, -0.05) is 31.7 Å². The molecule has 0 N–H and O–H groups in total. The van der Waals surface area contributed by atoms with Gasteiger partial charge in [-0.2, -0.15) is 15.2 Å². The number of fused-ring (bicyclic) bond motifs is 1. The Bertz CT molecular complexity index is 1300. The number of piperazine rings is 1. The third-order valence-corrected chi connectivity index (χ3v) is 8.51. The van der Waals surface area contributed by atoms with E-state index < -0.39 is 12.3 Å². The first-order chi connectivity index (χ1) is 19.9. The Balaban J connectivity index is 1.46. The second-order valence-electron chi connectivity index (χ2n) is 11.1. The van der Waals surface area contributed by atoms with E-state index in [1.807, 2.05) is 31.2 Å². The molecule has 0 bridgehead atoms. The normalized spacial score (nSPS) is 24.3. The van der Waals surface area contributed by atoms with Crippen LogP contribution >= 0.6 is 0 Å². The molecule has 1 aromatic heterocycles. The number of carbonyl (C=O) groups is 1. The predicted molar refractivity (Wildman–Crippen MR) is 154 cm³/mol. The summed E-state index contributed by atoms with van der Waals surface area (Å²) in [5.74, 6) is 1.24. The summed E-state index contributed by atoms with van der Waals surface area (Å²) < 4.78 is 27.7. The number of benzene rings is 1. The Kier molecular flexibility index (Phi) is 9.03. The van der Waals surface area contributed by atoms with E-state index in [2.05, 4.69) is 29.5 Å². The number of likely N-dealkylation sites (tertiary alicyclic amines) is 1. The van der Waals surface area contributed by atoms with Gasteiger partial charge in [-0.15, -0.1) is 0 Å². The maximum atomic E-state index is 15.4. The highest BCUT2D eigenvalue weighted by Crippen LogP contribution is 2.33.